The normalized spacial score (nSPS) is 43.1. The fourth-order valence-corrected chi connectivity index (χ4v) is 7.49. The van der Waals surface area contributed by atoms with E-state index < -0.39 is 68.4 Å². The molecule has 4 rings (SSSR count). The predicted octanol–water partition coefficient (Wildman–Crippen LogP) is 2.82. The lowest BCUT2D eigenvalue weighted by molar-refractivity contribution is -0.222. The van der Waals surface area contributed by atoms with Crippen molar-refractivity contribution in [2.75, 3.05) is 7.11 Å². The summed E-state index contributed by atoms with van der Waals surface area (Å²) in [5.74, 6) is -5.29. The third kappa shape index (κ3) is 2.14. The maximum atomic E-state index is 14.2. The number of ether oxygens (including phenoxy) is 2. The van der Waals surface area contributed by atoms with Crippen LogP contribution in [0.25, 0.3) is 0 Å². The van der Waals surface area contributed by atoms with Gasteiger partial charge in [0, 0.05) is 5.41 Å². The summed E-state index contributed by atoms with van der Waals surface area (Å²) in [7, 11) is 1.09. The van der Waals surface area contributed by atoms with E-state index >= 15 is 0 Å². The highest BCUT2D eigenvalue weighted by Gasteiger charge is 2.84. The molecule has 182 valence electrons. The molecule has 1 N–H and O–H groups in total. The smallest absolute Gasteiger partial charge is 0.322 e. The zero-order valence-electron chi connectivity index (χ0n) is 20.5. The van der Waals surface area contributed by atoms with E-state index in [9.17, 15) is 29.1 Å². The molecule has 1 aliphatic heterocycles. The van der Waals surface area contributed by atoms with Crippen molar-refractivity contribution in [2.24, 2.45) is 33.0 Å². The number of cyclic esters (lactones) is 1. The van der Waals surface area contributed by atoms with Gasteiger partial charge < -0.3 is 14.6 Å². The Hall–Kier alpha value is -3.03. The van der Waals surface area contributed by atoms with Crippen LogP contribution in [0.5, 0.6) is 0 Å². The van der Waals surface area contributed by atoms with Gasteiger partial charge in [0.15, 0.2) is 28.8 Å². The van der Waals surface area contributed by atoms with Crippen LogP contribution in [0.2, 0.25) is 0 Å². The number of fused-ring (bicyclic) bond motifs is 5. The molecule has 0 unspecified atom stereocenters. The number of esters is 2. The van der Waals surface area contributed by atoms with Gasteiger partial charge in [0.1, 0.15) is 5.41 Å². The second-order valence-electron chi connectivity index (χ2n) is 11.0. The van der Waals surface area contributed by atoms with Crippen LogP contribution in [0.4, 0.5) is 0 Å². The van der Waals surface area contributed by atoms with E-state index in [-0.39, 0.29) is 23.4 Å². The van der Waals surface area contributed by atoms with Gasteiger partial charge in [-0.15, -0.1) is 0 Å². The van der Waals surface area contributed by atoms with Crippen molar-refractivity contribution in [3.63, 3.8) is 0 Å². The topological polar surface area (TPSA) is 124 Å². The molecule has 4 aliphatic rings. The molecule has 0 spiro atoms. The van der Waals surface area contributed by atoms with Gasteiger partial charge in [-0.05, 0) is 51.7 Å². The van der Waals surface area contributed by atoms with Gasteiger partial charge in [0.05, 0.1) is 17.9 Å². The summed E-state index contributed by atoms with van der Waals surface area (Å²) in [5.41, 5.74) is -7.94. The average molecular weight is 471 g/mol. The molecule has 0 aromatic heterocycles. The zero-order valence-corrected chi connectivity index (χ0v) is 20.5. The molecule has 0 aromatic carbocycles. The van der Waals surface area contributed by atoms with Gasteiger partial charge in [-0.1, -0.05) is 32.1 Å². The highest BCUT2D eigenvalue weighted by molar-refractivity contribution is 6.20. The van der Waals surface area contributed by atoms with Crippen molar-refractivity contribution >= 4 is 29.3 Å². The van der Waals surface area contributed by atoms with Crippen molar-refractivity contribution in [1.82, 2.24) is 0 Å². The first-order valence-electron chi connectivity index (χ1n) is 11.3. The van der Waals surface area contributed by atoms with Crippen molar-refractivity contribution < 1.29 is 38.6 Å². The largest absolute Gasteiger partial charge is 0.504 e. The Morgan fingerprint density at radius 3 is 2.29 bits per heavy atom. The Morgan fingerprint density at radius 1 is 1.15 bits per heavy atom. The number of rotatable bonds is 1. The molecule has 0 radical (unpaired) electrons. The number of allylic oxidation sites excluding steroid dienone is 4. The number of hydrogen-bond donors (Lipinski definition) is 1. The molecule has 1 heterocycles. The Balaban J connectivity index is 2.20. The summed E-state index contributed by atoms with van der Waals surface area (Å²) < 4.78 is 10.4. The number of methoxy groups -OCH3 is 1. The van der Waals surface area contributed by atoms with Gasteiger partial charge in [0.2, 0.25) is 5.78 Å². The minimum atomic E-state index is -2.33. The lowest BCUT2D eigenvalue weighted by Crippen LogP contribution is -2.77. The first-order chi connectivity index (χ1) is 15.5. The van der Waals surface area contributed by atoms with Crippen LogP contribution in [0.15, 0.2) is 35.6 Å². The number of Topliss-reactive ketones (excluding diaryl/α,β-unsaturated/α-hetero) is 2. The van der Waals surface area contributed by atoms with E-state index in [0.29, 0.717) is 0 Å². The quantitative estimate of drug-likeness (QED) is 0.352. The fraction of sp³-hybridized carbons (Fsp3) is 0.577. The molecule has 3 aliphatic carbocycles. The van der Waals surface area contributed by atoms with Crippen LogP contribution in [0.1, 0.15) is 48.0 Å². The highest BCUT2D eigenvalue weighted by Crippen LogP contribution is 2.74. The number of hydrogen-bond acceptors (Lipinski definition) is 8. The maximum Gasteiger partial charge on any atom is 0.322 e. The van der Waals surface area contributed by atoms with Crippen molar-refractivity contribution in [1.29, 1.82) is 0 Å². The lowest BCUT2D eigenvalue weighted by Gasteiger charge is -2.66. The molecule has 0 bridgehead atoms. The van der Waals surface area contributed by atoms with E-state index in [1.807, 2.05) is 0 Å². The molecule has 1 saturated carbocycles. The van der Waals surface area contributed by atoms with E-state index in [0.717, 1.165) is 7.11 Å². The third-order valence-electron chi connectivity index (χ3n) is 9.31. The molecule has 0 aromatic rings. The SMILES string of the molecule is C=C1C[C@H]2[C@@]3(C)C=CC(=O)C(C)(C)C3=C(O)C(=O)[C@@]2(C)[C@]2(C(=O)OC)C(=O)[C@H](C)OC(=O)[C@@]12C. The van der Waals surface area contributed by atoms with Gasteiger partial charge in [0.25, 0.3) is 0 Å². The second kappa shape index (κ2) is 6.55. The number of aliphatic hydroxyl groups excluding tert-OH is 1. The Bertz CT molecular complexity index is 1170. The molecular weight excluding hydrogens is 440 g/mol. The molecule has 1 saturated heterocycles. The minimum Gasteiger partial charge on any atom is -0.504 e. The first kappa shape index (κ1) is 24.1. The number of carbonyl (C=O) groups is 5. The summed E-state index contributed by atoms with van der Waals surface area (Å²) in [6, 6.07) is 0. The molecule has 0 amide bonds. The van der Waals surface area contributed by atoms with Crippen LogP contribution in [-0.4, -0.2) is 47.6 Å². The lowest BCUT2D eigenvalue weighted by atomic mass is 9.33. The van der Waals surface area contributed by atoms with Crippen LogP contribution < -0.4 is 0 Å². The van der Waals surface area contributed by atoms with Crippen molar-refractivity contribution in [3.05, 3.63) is 35.6 Å². The summed E-state index contributed by atoms with van der Waals surface area (Å²) in [4.78, 5) is 68.0. The minimum absolute atomic E-state index is 0.0795. The Kier molecular flexibility index (Phi) is 4.64. The average Bonchev–Trinajstić information content (AvgIpc) is 2.76. The van der Waals surface area contributed by atoms with E-state index in [4.69, 9.17) is 9.47 Å². The number of ketones is 3. The standard InChI is InChI=1S/C26H30O8/c1-12-11-14-23(5)10-9-15(27)22(3,4)17(23)16(28)19(30)25(14,7)26(21(32)33-8)18(29)13(2)34-20(31)24(12,26)6/h9-10,13-14,28H,1,11H2,2-8H3/t13-,14-,23+,24+,25-,26-/m0/s1. The summed E-state index contributed by atoms with van der Waals surface area (Å²) in [5, 5.41) is 11.4. The van der Waals surface area contributed by atoms with Gasteiger partial charge in [-0.2, -0.15) is 0 Å². The van der Waals surface area contributed by atoms with E-state index in [2.05, 4.69) is 6.58 Å². The van der Waals surface area contributed by atoms with E-state index in [1.165, 1.54) is 26.8 Å². The molecule has 8 nitrogen and oxygen atoms in total. The van der Waals surface area contributed by atoms with Crippen LogP contribution in [0.3, 0.4) is 0 Å². The molecule has 2 fully saturated rings. The predicted molar refractivity (Wildman–Crippen MR) is 119 cm³/mol. The third-order valence-corrected chi connectivity index (χ3v) is 9.31. The van der Waals surface area contributed by atoms with Crippen LogP contribution >= 0.6 is 0 Å². The van der Waals surface area contributed by atoms with Crippen molar-refractivity contribution in [2.45, 2.75) is 54.1 Å². The monoisotopic (exact) mass is 470 g/mol. The zero-order chi connectivity index (χ0) is 25.8. The fourth-order valence-electron chi connectivity index (χ4n) is 7.49. The molecule has 8 heteroatoms. The maximum absolute atomic E-state index is 14.2. The first-order valence-corrected chi connectivity index (χ1v) is 11.3. The number of carbonyl (C=O) groups excluding carboxylic acids is 5. The highest BCUT2D eigenvalue weighted by atomic mass is 16.6. The Morgan fingerprint density at radius 2 is 1.74 bits per heavy atom. The Labute approximate surface area is 198 Å². The molecule has 6 atom stereocenters. The summed E-state index contributed by atoms with van der Waals surface area (Å²) >= 11 is 0. The number of aliphatic hydroxyl groups is 1. The summed E-state index contributed by atoms with van der Waals surface area (Å²) in [6.45, 7) is 13.3. The van der Waals surface area contributed by atoms with Crippen molar-refractivity contribution in [3.8, 4) is 0 Å². The van der Waals surface area contributed by atoms with Gasteiger partial charge >= 0.3 is 11.9 Å². The van der Waals surface area contributed by atoms with Gasteiger partial charge in [-0.3, -0.25) is 24.0 Å². The molecule has 34 heavy (non-hydrogen) atoms. The van der Waals surface area contributed by atoms with E-state index in [1.54, 1.807) is 26.8 Å². The molecular formula is C26H30O8. The second-order valence-corrected chi connectivity index (χ2v) is 11.0. The van der Waals surface area contributed by atoms with Crippen LogP contribution in [-0.2, 0) is 33.4 Å². The van der Waals surface area contributed by atoms with Crippen LogP contribution in [0, 0.1) is 33.0 Å². The van der Waals surface area contributed by atoms with Gasteiger partial charge in [-0.25, -0.2) is 0 Å². The summed E-state index contributed by atoms with van der Waals surface area (Å²) in [6.07, 6.45) is 1.79.